The molecular weight excluding hydrogens is 240 g/mol. The lowest BCUT2D eigenvalue weighted by Gasteiger charge is -2.41. The minimum absolute atomic E-state index is 0.158. The first-order valence-electron chi connectivity index (χ1n) is 7.84. The number of hydrogen-bond donors (Lipinski definition) is 1. The number of hydrogen-bond acceptors (Lipinski definition) is 3. The van der Waals surface area contributed by atoms with Crippen molar-refractivity contribution >= 4 is 5.91 Å². The second-order valence-corrected chi connectivity index (χ2v) is 6.59. The van der Waals surface area contributed by atoms with Gasteiger partial charge in [-0.2, -0.15) is 0 Å². The molecule has 0 bridgehead atoms. The number of carbonyl (C=O) groups excluding carboxylic acids is 1. The number of nitrogens with two attached hydrogens (primary N) is 1. The molecule has 5 atom stereocenters. The van der Waals surface area contributed by atoms with Crippen LogP contribution in [-0.2, 0) is 9.53 Å². The standard InChI is InChI=1S/C15H26N2O2/c1-10-5-6-11(9-12(10)16)15(18)17-7-8-19-14-4-2-3-13(14)17/h10-14H,2-9,16H2,1H3. The molecule has 2 saturated carbocycles. The third-order valence-corrected chi connectivity index (χ3v) is 5.37. The minimum Gasteiger partial charge on any atom is -0.374 e. The average Bonchev–Trinajstić information content (AvgIpc) is 2.89. The third-order valence-electron chi connectivity index (χ3n) is 5.37. The number of ether oxygens (including phenoxy) is 1. The molecule has 0 aromatic carbocycles. The largest absolute Gasteiger partial charge is 0.374 e. The number of carbonyl (C=O) groups is 1. The summed E-state index contributed by atoms with van der Waals surface area (Å²) in [6, 6.07) is 0.542. The van der Waals surface area contributed by atoms with E-state index >= 15 is 0 Å². The quantitative estimate of drug-likeness (QED) is 0.783. The highest BCUT2D eigenvalue weighted by atomic mass is 16.5. The van der Waals surface area contributed by atoms with Crippen LogP contribution >= 0.6 is 0 Å². The number of amides is 1. The van der Waals surface area contributed by atoms with Gasteiger partial charge in [-0.15, -0.1) is 0 Å². The molecule has 0 aromatic heterocycles. The van der Waals surface area contributed by atoms with Crippen molar-refractivity contribution in [2.75, 3.05) is 13.2 Å². The first-order chi connectivity index (χ1) is 9.16. The molecule has 3 rings (SSSR count). The van der Waals surface area contributed by atoms with Gasteiger partial charge in [-0.3, -0.25) is 4.79 Å². The summed E-state index contributed by atoms with van der Waals surface area (Å²) in [4.78, 5) is 14.9. The summed E-state index contributed by atoms with van der Waals surface area (Å²) in [5.41, 5.74) is 6.15. The zero-order chi connectivity index (χ0) is 13.4. The summed E-state index contributed by atoms with van der Waals surface area (Å²) in [7, 11) is 0. The second-order valence-electron chi connectivity index (χ2n) is 6.59. The van der Waals surface area contributed by atoms with E-state index in [1.54, 1.807) is 0 Å². The Morgan fingerprint density at radius 3 is 2.89 bits per heavy atom. The molecule has 2 N–H and O–H groups in total. The monoisotopic (exact) mass is 266 g/mol. The van der Waals surface area contributed by atoms with Gasteiger partial charge in [0, 0.05) is 18.5 Å². The van der Waals surface area contributed by atoms with Crippen molar-refractivity contribution in [2.24, 2.45) is 17.6 Å². The lowest BCUT2D eigenvalue weighted by atomic mass is 9.79. The van der Waals surface area contributed by atoms with Gasteiger partial charge in [0.05, 0.1) is 18.8 Å². The zero-order valence-electron chi connectivity index (χ0n) is 11.9. The summed E-state index contributed by atoms with van der Waals surface area (Å²) < 4.78 is 5.79. The van der Waals surface area contributed by atoms with Gasteiger partial charge >= 0.3 is 0 Å². The molecule has 3 aliphatic rings. The van der Waals surface area contributed by atoms with Gasteiger partial charge in [-0.1, -0.05) is 6.92 Å². The van der Waals surface area contributed by atoms with E-state index in [2.05, 4.69) is 11.8 Å². The highest BCUT2D eigenvalue weighted by Gasteiger charge is 2.41. The minimum atomic E-state index is 0.158. The van der Waals surface area contributed by atoms with E-state index in [0.29, 0.717) is 30.6 Å². The third kappa shape index (κ3) is 2.52. The van der Waals surface area contributed by atoms with Crippen molar-refractivity contribution in [2.45, 2.75) is 63.6 Å². The van der Waals surface area contributed by atoms with Crippen LogP contribution in [0.5, 0.6) is 0 Å². The van der Waals surface area contributed by atoms with E-state index in [1.807, 2.05) is 0 Å². The Hall–Kier alpha value is -0.610. The summed E-state index contributed by atoms with van der Waals surface area (Å²) in [6.07, 6.45) is 6.71. The molecule has 4 heteroatoms. The van der Waals surface area contributed by atoms with Crippen LogP contribution in [0.4, 0.5) is 0 Å². The molecule has 1 aliphatic heterocycles. The fraction of sp³-hybridized carbons (Fsp3) is 0.933. The molecule has 3 fully saturated rings. The van der Waals surface area contributed by atoms with Gasteiger partial charge in [0.2, 0.25) is 5.91 Å². The van der Waals surface area contributed by atoms with Crippen LogP contribution in [0.15, 0.2) is 0 Å². The number of fused-ring (bicyclic) bond motifs is 1. The molecular formula is C15H26N2O2. The summed E-state index contributed by atoms with van der Waals surface area (Å²) in [5, 5.41) is 0. The van der Waals surface area contributed by atoms with Crippen molar-refractivity contribution in [1.29, 1.82) is 0 Å². The van der Waals surface area contributed by atoms with Crippen molar-refractivity contribution in [3.05, 3.63) is 0 Å². The number of nitrogens with zero attached hydrogens (tertiary/aromatic N) is 1. The van der Waals surface area contributed by atoms with Crippen molar-refractivity contribution in [3.63, 3.8) is 0 Å². The van der Waals surface area contributed by atoms with Crippen LogP contribution in [-0.4, -0.2) is 42.1 Å². The second kappa shape index (κ2) is 5.41. The fourth-order valence-electron chi connectivity index (χ4n) is 4.01. The predicted molar refractivity (Wildman–Crippen MR) is 73.6 cm³/mol. The lowest BCUT2D eigenvalue weighted by molar-refractivity contribution is -0.149. The predicted octanol–water partition coefficient (Wildman–Crippen LogP) is 1.53. The van der Waals surface area contributed by atoms with Crippen LogP contribution in [0.1, 0.15) is 45.4 Å². The molecule has 19 heavy (non-hydrogen) atoms. The van der Waals surface area contributed by atoms with E-state index in [4.69, 9.17) is 10.5 Å². The Kier molecular flexibility index (Phi) is 3.81. The van der Waals surface area contributed by atoms with Gasteiger partial charge in [0.15, 0.2) is 0 Å². The van der Waals surface area contributed by atoms with Crippen molar-refractivity contribution < 1.29 is 9.53 Å². The van der Waals surface area contributed by atoms with Gasteiger partial charge < -0.3 is 15.4 Å². The molecule has 0 spiro atoms. The SMILES string of the molecule is CC1CCC(C(=O)N2CCOC3CCCC32)CC1N. The Bertz CT molecular complexity index is 347. The van der Waals surface area contributed by atoms with Gasteiger partial charge in [0.1, 0.15) is 0 Å². The maximum atomic E-state index is 12.8. The van der Waals surface area contributed by atoms with Crippen LogP contribution in [0.2, 0.25) is 0 Å². The fourth-order valence-corrected chi connectivity index (χ4v) is 4.01. The number of morpholine rings is 1. The topological polar surface area (TPSA) is 55.6 Å². The maximum absolute atomic E-state index is 12.8. The zero-order valence-corrected chi connectivity index (χ0v) is 11.9. The molecule has 108 valence electrons. The Morgan fingerprint density at radius 1 is 1.26 bits per heavy atom. The summed E-state index contributed by atoms with van der Waals surface area (Å²) >= 11 is 0. The van der Waals surface area contributed by atoms with E-state index in [0.717, 1.165) is 38.6 Å². The molecule has 2 aliphatic carbocycles. The Labute approximate surface area is 115 Å². The van der Waals surface area contributed by atoms with E-state index in [1.165, 1.54) is 6.42 Å². The molecule has 5 unspecified atom stereocenters. The molecule has 1 saturated heterocycles. The van der Waals surface area contributed by atoms with E-state index in [-0.39, 0.29) is 12.0 Å². The van der Waals surface area contributed by atoms with Crippen molar-refractivity contribution in [1.82, 2.24) is 4.90 Å². The van der Waals surface area contributed by atoms with Gasteiger partial charge in [-0.25, -0.2) is 0 Å². The lowest BCUT2D eigenvalue weighted by Crippen LogP contribution is -2.54. The molecule has 1 amide bonds. The Morgan fingerprint density at radius 2 is 2.11 bits per heavy atom. The first-order valence-corrected chi connectivity index (χ1v) is 7.84. The highest BCUT2D eigenvalue weighted by Crippen LogP contribution is 2.34. The molecule has 0 radical (unpaired) electrons. The smallest absolute Gasteiger partial charge is 0.226 e. The Balaban J connectivity index is 1.66. The van der Waals surface area contributed by atoms with Crippen LogP contribution in [0.3, 0.4) is 0 Å². The van der Waals surface area contributed by atoms with E-state index in [9.17, 15) is 4.79 Å². The van der Waals surface area contributed by atoms with Crippen LogP contribution in [0, 0.1) is 11.8 Å². The van der Waals surface area contributed by atoms with Crippen LogP contribution < -0.4 is 5.73 Å². The first kappa shape index (κ1) is 13.4. The van der Waals surface area contributed by atoms with Crippen molar-refractivity contribution in [3.8, 4) is 0 Å². The number of rotatable bonds is 1. The molecule has 4 nitrogen and oxygen atoms in total. The van der Waals surface area contributed by atoms with Crippen LogP contribution in [0.25, 0.3) is 0 Å². The maximum Gasteiger partial charge on any atom is 0.226 e. The molecule has 0 aromatic rings. The van der Waals surface area contributed by atoms with Gasteiger partial charge in [-0.05, 0) is 44.4 Å². The van der Waals surface area contributed by atoms with E-state index < -0.39 is 0 Å². The summed E-state index contributed by atoms with van der Waals surface area (Å²) in [6.45, 7) is 3.69. The summed E-state index contributed by atoms with van der Waals surface area (Å²) in [5.74, 6) is 1.07. The molecule has 1 heterocycles. The normalized spacial score (nSPS) is 43.1. The van der Waals surface area contributed by atoms with Gasteiger partial charge in [0.25, 0.3) is 0 Å². The highest BCUT2D eigenvalue weighted by molar-refractivity contribution is 5.79. The average molecular weight is 266 g/mol.